The second kappa shape index (κ2) is 7.49. The molecule has 2 rings (SSSR count). The molecule has 0 amide bonds. The Hall–Kier alpha value is -0.0800. The molecule has 2 aliphatic rings. The van der Waals surface area contributed by atoms with E-state index in [-0.39, 0.29) is 0 Å². The van der Waals surface area contributed by atoms with Crippen LogP contribution < -0.4 is 5.32 Å². The van der Waals surface area contributed by atoms with Crippen LogP contribution in [-0.2, 0) is 0 Å². The van der Waals surface area contributed by atoms with Crippen LogP contribution in [0.3, 0.4) is 0 Å². The van der Waals surface area contributed by atoms with Crippen LogP contribution in [0.1, 0.15) is 65.2 Å². The zero-order valence-electron chi connectivity index (χ0n) is 12.5. The molecule has 0 radical (unpaired) electrons. The van der Waals surface area contributed by atoms with Crippen molar-refractivity contribution in [2.24, 2.45) is 5.92 Å². The molecule has 0 aromatic rings. The number of piperidine rings is 1. The van der Waals surface area contributed by atoms with E-state index in [0.717, 1.165) is 18.5 Å². The maximum absolute atomic E-state index is 3.60. The summed E-state index contributed by atoms with van der Waals surface area (Å²) in [6.07, 6.45) is 11.6. The van der Waals surface area contributed by atoms with Crippen molar-refractivity contribution in [2.45, 2.75) is 77.3 Å². The van der Waals surface area contributed by atoms with Crippen LogP contribution >= 0.6 is 0 Å². The van der Waals surface area contributed by atoms with Crippen LogP contribution in [0.5, 0.6) is 0 Å². The molecule has 1 saturated heterocycles. The van der Waals surface area contributed by atoms with Crippen LogP contribution in [0.2, 0.25) is 0 Å². The molecule has 2 fully saturated rings. The lowest BCUT2D eigenvalue weighted by molar-refractivity contribution is 0.109. The fraction of sp³-hybridized carbons (Fsp3) is 1.00. The molecule has 0 bridgehead atoms. The van der Waals surface area contributed by atoms with E-state index in [9.17, 15) is 0 Å². The molecular formula is C16H32N2. The third-order valence-corrected chi connectivity index (χ3v) is 5.15. The molecule has 0 spiro atoms. The van der Waals surface area contributed by atoms with Crippen molar-refractivity contribution in [1.82, 2.24) is 10.2 Å². The minimum absolute atomic E-state index is 0.714. The highest BCUT2D eigenvalue weighted by molar-refractivity contribution is 4.83. The first-order valence-electron chi connectivity index (χ1n) is 8.28. The van der Waals surface area contributed by atoms with Crippen molar-refractivity contribution < 1.29 is 0 Å². The van der Waals surface area contributed by atoms with E-state index in [1.807, 2.05) is 0 Å². The summed E-state index contributed by atoms with van der Waals surface area (Å²) in [7, 11) is 0. The topological polar surface area (TPSA) is 15.3 Å². The van der Waals surface area contributed by atoms with Gasteiger partial charge in [-0.25, -0.2) is 0 Å². The first-order chi connectivity index (χ1) is 8.81. The first-order valence-corrected chi connectivity index (χ1v) is 8.28. The molecule has 106 valence electrons. The Balaban J connectivity index is 1.75. The van der Waals surface area contributed by atoms with Crippen LogP contribution in [-0.4, -0.2) is 36.6 Å². The summed E-state index contributed by atoms with van der Waals surface area (Å²) in [6, 6.07) is 1.63. The standard InChI is InChI=1S/C16H32N2/c1-3-17-14(2)15-10-12-18(13-11-15)16-8-6-4-5-7-9-16/h14-17H,3-13H2,1-2H3. The van der Waals surface area contributed by atoms with Crippen LogP contribution in [0, 0.1) is 5.92 Å². The Morgan fingerprint density at radius 3 is 2.17 bits per heavy atom. The summed E-state index contributed by atoms with van der Waals surface area (Å²) in [6.45, 7) is 8.41. The molecular weight excluding hydrogens is 220 g/mol. The number of rotatable bonds is 4. The fourth-order valence-corrected chi connectivity index (χ4v) is 3.90. The highest BCUT2D eigenvalue weighted by atomic mass is 15.2. The molecule has 1 aliphatic heterocycles. The van der Waals surface area contributed by atoms with Crippen LogP contribution in [0.15, 0.2) is 0 Å². The molecule has 1 unspecified atom stereocenters. The SMILES string of the molecule is CCNC(C)C1CCN(C2CCCCCC2)CC1. The summed E-state index contributed by atoms with van der Waals surface area (Å²) in [5, 5.41) is 3.60. The Labute approximate surface area is 114 Å². The molecule has 1 heterocycles. The molecule has 1 saturated carbocycles. The van der Waals surface area contributed by atoms with E-state index < -0.39 is 0 Å². The van der Waals surface area contributed by atoms with Crippen molar-refractivity contribution in [1.29, 1.82) is 0 Å². The normalized spacial score (nSPS) is 27.0. The number of hydrogen-bond acceptors (Lipinski definition) is 2. The van der Waals surface area contributed by atoms with E-state index in [0.29, 0.717) is 6.04 Å². The largest absolute Gasteiger partial charge is 0.314 e. The summed E-state index contributed by atoms with van der Waals surface area (Å²) in [5.74, 6) is 0.909. The number of nitrogens with zero attached hydrogens (tertiary/aromatic N) is 1. The molecule has 1 aliphatic carbocycles. The van der Waals surface area contributed by atoms with Crippen molar-refractivity contribution in [3.05, 3.63) is 0 Å². The summed E-state index contributed by atoms with van der Waals surface area (Å²) >= 11 is 0. The number of hydrogen-bond donors (Lipinski definition) is 1. The van der Waals surface area contributed by atoms with Gasteiger partial charge in [0.25, 0.3) is 0 Å². The molecule has 1 atom stereocenters. The van der Waals surface area contributed by atoms with Gasteiger partial charge >= 0.3 is 0 Å². The molecule has 1 N–H and O–H groups in total. The second-order valence-corrected chi connectivity index (χ2v) is 6.37. The lowest BCUT2D eigenvalue weighted by atomic mass is 9.89. The third kappa shape index (κ3) is 3.96. The maximum Gasteiger partial charge on any atom is 0.00952 e. The predicted molar refractivity (Wildman–Crippen MR) is 78.9 cm³/mol. The lowest BCUT2D eigenvalue weighted by Gasteiger charge is -2.39. The fourth-order valence-electron chi connectivity index (χ4n) is 3.90. The van der Waals surface area contributed by atoms with E-state index in [1.54, 1.807) is 0 Å². The van der Waals surface area contributed by atoms with Crippen molar-refractivity contribution in [3.8, 4) is 0 Å². The van der Waals surface area contributed by atoms with Gasteiger partial charge in [0.2, 0.25) is 0 Å². The zero-order chi connectivity index (χ0) is 12.8. The zero-order valence-corrected chi connectivity index (χ0v) is 12.5. The summed E-state index contributed by atoms with van der Waals surface area (Å²) in [4.78, 5) is 2.81. The molecule has 0 aromatic heterocycles. The molecule has 2 heteroatoms. The van der Waals surface area contributed by atoms with Gasteiger partial charge in [0.1, 0.15) is 0 Å². The number of likely N-dealkylation sites (tertiary alicyclic amines) is 1. The molecule has 2 nitrogen and oxygen atoms in total. The van der Waals surface area contributed by atoms with Gasteiger partial charge in [0.05, 0.1) is 0 Å². The minimum Gasteiger partial charge on any atom is -0.314 e. The highest BCUT2D eigenvalue weighted by Gasteiger charge is 2.27. The molecule has 0 aromatic carbocycles. The first kappa shape index (κ1) is 14.3. The monoisotopic (exact) mass is 252 g/mol. The minimum atomic E-state index is 0.714. The van der Waals surface area contributed by atoms with Crippen molar-refractivity contribution in [2.75, 3.05) is 19.6 Å². The average Bonchev–Trinajstić information content (AvgIpc) is 2.68. The van der Waals surface area contributed by atoms with Gasteiger partial charge < -0.3 is 10.2 Å². The van der Waals surface area contributed by atoms with Gasteiger partial charge in [0.15, 0.2) is 0 Å². The van der Waals surface area contributed by atoms with Crippen LogP contribution in [0.4, 0.5) is 0 Å². The predicted octanol–water partition coefficient (Wildman–Crippen LogP) is 3.42. The van der Waals surface area contributed by atoms with Crippen LogP contribution in [0.25, 0.3) is 0 Å². The van der Waals surface area contributed by atoms with E-state index in [4.69, 9.17) is 0 Å². The van der Waals surface area contributed by atoms with E-state index in [1.165, 1.54) is 64.5 Å². The Kier molecular flexibility index (Phi) is 5.97. The van der Waals surface area contributed by atoms with E-state index >= 15 is 0 Å². The maximum atomic E-state index is 3.60. The van der Waals surface area contributed by atoms with Gasteiger partial charge in [-0.05, 0) is 58.2 Å². The van der Waals surface area contributed by atoms with Crippen molar-refractivity contribution in [3.63, 3.8) is 0 Å². The van der Waals surface area contributed by atoms with Gasteiger partial charge in [0, 0.05) is 12.1 Å². The second-order valence-electron chi connectivity index (χ2n) is 6.37. The van der Waals surface area contributed by atoms with Gasteiger partial charge in [-0.2, -0.15) is 0 Å². The quantitative estimate of drug-likeness (QED) is 0.771. The average molecular weight is 252 g/mol. The Bertz CT molecular complexity index is 213. The molecule has 18 heavy (non-hydrogen) atoms. The lowest BCUT2D eigenvalue weighted by Crippen LogP contribution is -2.45. The number of nitrogens with one attached hydrogen (secondary N) is 1. The van der Waals surface area contributed by atoms with Gasteiger partial charge in [-0.15, -0.1) is 0 Å². The highest BCUT2D eigenvalue weighted by Crippen LogP contribution is 2.27. The summed E-state index contributed by atoms with van der Waals surface area (Å²) in [5.41, 5.74) is 0. The smallest absolute Gasteiger partial charge is 0.00952 e. The van der Waals surface area contributed by atoms with E-state index in [2.05, 4.69) is 24.1 Å². The Morgan fingerprint density at radius 2 is 1.61 bits per heavy atom. The van der Waals surface area contributed by atoms with Gasteiger partial charge in [-0.1, -0.05) is 32.6 Å². The van der Waals surface area contributed by atoms with Crippen molar-refractivity contribution >= 4 is 0 Å². The summed E-state index contributed by atoms with van der Waals surface area (Å²) < 4.78 is 0. The third-order valence-electron chi connectivity index (χ3n) is 5.15. The Morgan fingerprint density at radius 1 is 1.00 bits per heavy atom. The van der Waals surface area contributed by atoms with Gasteiger partial charge in [-0.3, -0.25) is 0 Å².